The maximum absolute atomic E-state index is 11.8. The molecule has 0 spiro atoms. The molecule has 3 heteroatoms. The van der Waals surface area contributed by atoms with Gasteiger partial charge in [0.1, 0.15) is 0 Å². The van der Waals surface area contributed by atoms with E-state index < -0.39 is 0 Å². The first kappa shape index (κ1) is 11.9. The van der Waals surface area contributed by atoms with Gasteiger partial charge in [0.15, 0.2) is 0 Å². The SMILES string of the molecule is CCC#CCCN(C(=O)N(C)C)C1CC1. The van der Waals surface area contributed by atoms with Crippen molar-refractivity contribution in [3.8, 4) is 11.8 Å². The third-order valence-electron chi connectivity index (χ3n) is 2.40. The van der Waals surface area contributed by atoms with Crippen LogP contribution in [0.15, 0.2) is 0 Å². The molecule has 0 atom stereocenters. The summed E-state index contributed by atoms with van der Waals surface area (Å²) in [6, 6.07) is 0.596. The first-order chi connectivity index (χ1) is 7.16. The van der Waals surface area contributed by atoms with Gasteiger partial charge in [-0.15, -0.1) is 11.8 Å². The zero-order valence-corrected chi connectivity index (χ0v) is 9.92. The van der Waals surface area contributed by atoms with Gasteiger partial charge >= 0.3 is 6.03 Å². The van der Waals surface area contributed by atoms with Gasteiger partial charge in [-0.2, -0.15) is 0 Å². The predicted molar refractivity (Wildman–Crippen MR) is 61.5 cm³/mol. The number of amides is 2. The van der Waals surface area contributed by atoms with E-state index in [1.165, 1.54) is 0 Å². The number of hydrogen-bond donors (Lipinski definition) is 0. The maximum Gasteiger partial charge on any atom is 0.319 e. The zero-order valence-electron chi connectivity index (χ0n) is 9.92. The lowest BCUT2D eigenvalue weighted by molar-refractivity contribution is 0.169. The lowest BCUT2D eigenvalue weighted by atomic mass is 10.3. The van der Waals surface area contributed by atoms with Crippen LogP contribution in [0.25, 0.3) is 0 Å². The van der Waals surface area contributed by atoms with Crippen LogP contribution in [0.2, 0.25) is 0 Å². The van der Waals surface area contributed by atoms with Crippen LogP contribution in [-0.4, -0.2) is 42.5 Å². The minimum absolute atomic E-state index is 0.121. The molecular weight excluding hydrogens is 188 g/mol. The van der Waals surface area contributed by atoms with Crippen LogP contribution in [0.1, 0.15) is 32.6 Å². The highest BCUT2D eigenvalue weighted by molar-refractivity contribution is 5.74. The Hall–Kier alpha value is -1.17. The van der Waals surface area contributed by atoms with Gasteiger partial charge < -0.3 is 9.80 Å². The first-order valence-electron chi connectivity index (χ1n) is 5.60. The minimum atomic E-state index is 0.121. The van der Waals surface area contributed by atoms with Gasteiger partial charge in [-0.1, -0.05) is 6.92 Å². The quantitative estimate of drug-likeness (QED) is 0.650. The van der Waals surface area contributed by atoms with Gasteiger partial charge in [-0.25, -0.2) is 4.79 Å². The molecule has 0 unspecified atom stereocenters. The van der Waals surface area contributed by atoms with E-state index >= 15 is 0 Å². The smallest absolute Gasteiger partial charge is 0.319 e. The Morgan fingerprint density at radius 3 is 2.47 bits per heavy atom. The fourth-order valence-electron chi connectivity index (χ4n) is 1.47. The summed E-state index contributed by atoms with van der Waals surface area (Å²) in [5.41, 5.74) is 0. The largest absolute Gasteiger partial charge is 0.331 e. The van der Waals surface area contributed by atoms with Gasteiger partial charge in [-0.05, 0) is 12.8 Å². The fraction of sp³-hybridized carbons (Fsp3) is 0.750. The van der Waals surface area contributed by atoms with Crippen molar-refractivity contribution < 1.29 is 4.79 Å². The number of carbonyl (C=O) groups is 1. The summed E-state index contributed by atoms with van der Waals surface area (Å²) in [7, 11) is 3.60. The molecule has 0 aliphatic heterocycles. The second-order valence-corrected chi connectivity index (χ2v) is 4.06. The van der Waals surface area contributed by atoms with Crippen molar-refractivity contribution in [1.29, 1.82) is 0 Å². The monoisotopic (exact) mass is 208 g/mol. The van der Waals surface area contributed by atoms with Gasteiger partial charge in [-0.3, -0.25) is 0 Å². The van der Waals surface area contributed by atoms with Crippen molar-refractivity contribution in [2.45, 2.75) is 38.6 Å². The van der Waals surface area contributed by atoms with E-state index in [1.807, 2.05) is 11.8 Å². The molecule has 0 bridgehead atoms. The van der Waals surface area contributed by atoms with E-state index in [9.17, 15) is 4.79 Å². The summed E-state index contributed by atoms with van der Waals surface area (Å²) in [5, 5.41) is 0. The second-order valence-electron chi connectivity index (χ2n) is 4.06. The molecule has 0 N–H and O–H groups in total. The normalized spacial score (nSPS) is 14.1. The van der Waals surface area contributed by atoms with Crippen LogP contribution in [0.3, 0.4) is 0 Å². The molecule has 2 amide bonds. The molecule has 0 aromatic heterocycles. The van der Waals surface area contributed by atoms with Crippen molar-refractivity contribution in [3.05, 3.63) is 0 Å². The third-order valence-corrected chi connectivity index (χ3v) is 2.40. The van der Waals surface area contributed by atoms with E-state index in [1.54, 1.807) is 19.0 Å². The molecule has 3 nitrogen and oxygen atoms in total. The van der Waals surface area contributed by atoms with Crippen LogP contribution < -0.4 is 0 Å². The van der Waals surface area contributed by atoms with Crippen LogP contribution in [0.4, 0.5) is 4.79 Å². The van der Waals surface area contributed by atoms with Crippen LogP contribution in [0.5, 0.6) is 0 Å². The van der Waals surface area contributed by atoms with Crippen molar-refractivity contribution in [2.75, 3.05) is 20.6 Å². The molecule has 1 saturated carbocycles. The highest BCUT2D eigenvalue weighted by atomic mass is 16.2. The Labute approximate surface area is 92.4 Å². The number of rotatable bonds is 3. The van der Waals surface area contributed by atoms with Crippen molar-refractivity contribution >= 4 is 6.03 Å². The van der Waals surface area contributed by atoms with Crippen molar-refractivity contribution in [1.82, 2.24) is 9.80 Å². The summed E-state index contributed by atoms with van der Waals surface area (Å²) in [4.78, 5) is 15.4. The molecule has 1 aliphatic rings. The molecule has 15 heavy (non-hydrogen) atoms. The standard InChI is InChI=1S/C12H20N2O/c1-4-5-6-7-10-14(11-8-9-11)12(15)13(2)3/h11H,4,7-10H2,1-3H3. The average Bonchev–Trinajstić information content (AvgIpc) is 3.01. The summed E-state index contributed by atoms with van der Waals surface area (Å²) in [6.07, 6.45) is 4.00. The molecule has 1 rings (SSSR count). The maximum atomic E-state index is 11.8. The molecule has 1 fully saturated rings. The number of carbonyl (C=O) groups excluding carboxylic acids is 1. The van der Waals surface area contributed by atoms with E-state index in [2.05, 4.69) is 11.8 Å². The molecule has 0 aromatic carbocycles. The van der Waals surface area contributed by atoms with Gasteiger partial charge in [0.25, 0.3) is 0 Å². The molecule has 0 heterocycles. The van der Waals surface area contributed by atoms with E-state index in [4.69, 9.17) is 0 Å². The Morgan fingerprint density at radius 1 is 1.33 bits per heavy atom. The van der Waals surface area contributed by atoms with Crippen molar-refractivity contribution in [2.24, 2.45) is 0 Å². The lowest BCUT2D eigenvalue weighted by Crippen LogP contribution is -2.41. The lowest BCUT2D eigenvalue weighted by Gasteiger charge is -2.25. The Bertz CT molecular complexity index is 271. The van der Waals surface area contributed by atoms with E-state index in [0.29, 0.717) is 6.04 Å². The zero-order chi connectivity index (χ0) is 11.3. The second kappa shape index (κ2) is 5.65. The number of nitrogens with zero attached hydrogens (tertiary/aromatic N) is 2. The Morgan fingerprint density at radius 2 is 2.00 bits per heavy atom. The molecule has 0 radical (unpaired) electrons. The Kier molecular flexibility index (Phi) is 4.48. The fourth-order valence-corrected chi connectivity index (χ4v) is 1.47. The number of hydrogen-bond acceptors (Lipinski definition) is 1. The van der Waals surface area contributed by atoms with E-state index in [-0.39, 0.29) is 6.03 Å². The predicted octanol–water partition coefficient (Wildman–Crippen LogP) is 1.94. The van der Waals surface area contributed by atoms with Gasteiger partial charge in [0.2, 0.25) is 0 Å². The van der Waals surface area contributed by atoms with E-state index in [0.717, 1.165) is 32.2 Å². The summed E-state index contributed by atoms with van der Waals surface area (Å²) >= 11 is 0. The Balaban J connectivity index is 2.40. The summed E-state index contributed by atoms with van der Waals surface area (Å²) in [5.74, 6) is 6.11. The third kappa shape index (κ3) is 3.83. The summed E-state index contributed by atoms with van der Waals surface area (Å²) in [6.45, 7) is 2.81. The minimum Gasteiger partial charge on any atom is -0.331 e. The molecular formula is C12H20N2O. The molecule has 0 saturated heterocycles. The molecule has 1 aliphatic carbocycles. The van der Waals surface area contributed by atoms with Crippen LogP contribution in [-0.2, 0) is 0 Å². The van der Waals surface area contributed by atoms with Crippen LogP contribution in [0, 0.1) is 11.8 Å². The average molecular weight is 208 g/mol. The van der Waals surface area contributed by atoms with Crippen LogP contribution >= 0.6 is 0 Å². The number of urea groups is 1. The highest BCUT2D eigenvalue weighted by Crippen LogP contribution is 2.27. The highest BCUT2D eigenvalue weighted by Gasteiger charge is 2.32. The topological polar surface area (TPSA) is 23.6 Å². The first-order valence-corrected chi connectivity index (χ1v) is 5.60. The van der Waals surface area contributed by atoms with Gasteiger partial charge in [0.05, 0.1) is 0 Å². The van der Waals surface area contributed by atoms with Crippen molar-refractivity contribution in [3.63, 3.8) is 0 Å². The summed E-state index contributed by atoms with van der Waals surface area (Å²) < 4.78 is 0. The molecule has 84 valence electrons. The molecule has 0 aromatic rings. The van der Waals surface area contributed by atoms with Gasteiger partial charge in [0, 0.05) is 39.5 Å².